The Kier molecular flexibility index (Phi) is 4.64. The molecule has 23 heavy (non-hydrogen) atoms. The molecule has 0 unspecified atom stereocenters. The van der Waals surface area contributed by atoms with Crippen molar-refractivity contribution in [2.24, 2.45) is 0 Å². The van der Waals surface area contributed by atoms with Gasteiger partial charge in [-0.1, -0.05) is 54.1 Å². The van der Waals surface area contributed by atoms with Gasteiger partial charge in [-0.2, -0.15) is 4.31 Å². The van der Waals surface area contributed by atoms with E-state index in [-0.39, 0.29) is 0 Å². The lowest BCUT2D eigenvalue weighted by Gasteiger charge is -2.22. The number of hydrogen-bond donors (Lipinski definition) is 0. The van der Waals surface area contributed by atoms with Crippen LogP contribution in [0, 0.1) is 6.92 Å². The van der Waals surface area contributed by atoms with Crippen molar-refractivity contribution in [3.63, 3.8) is 0 Å². The topological polar surface area (TPSA) is 37.4 Å². The Morgan fingerprint density at radius 1 is 0.913 bits per heavy atom. The summed E-state index contributed by atoms with van der Waals surface area (Å²) < 4.78 is 27.5. The van der Waals surface area contributed by atoms with Crippen LogP contribution in [0.15, 0.2) is 65.6 Å². The second kappa shape index (κ2) is 6.69. The first-order valence-electron chi connectivity index (χ1n) is 7.86. The van der Waals surface area contributed by atoms with Gasteiger partial charge in [0.25, 0.3) is 0 Å². The number of aryl methyl sites for hydroxylation is 2. The summed E-state index contributed by atoms with van der Waals surface area (Å²) in [6, 6.07) is 15.2. The minimum absolute atomic E-state index is 0.355. The van der Waals surface area contributed by atoms with Crippen LogP contribution in [0.3, 0.4) is 0 Å². The van der Waals surface area contributed by atoms with Crippen molar-refractivity contribution in [3.8, 4) is 0 Å². The number of nitrogens with zero attached hydrogens (tertiary/aromatic N) is 1. The minimum Gasteiger partial charge on any atom is -0.207 e. The summed E-state index contributed by atoms with van der Waals surface area (Å²) in [4.78, 5) is 0.355. The highest BCUT2D eigenvalue weighted by Crippen LogP contribution is 2.22. The third-order valence-corrected chi connectivity index (χ3v) is 6.01. The molecule has 0 saturated carbocycles. The maximum atomic E-state index is 13.0. The zero-order chi connectivity index (χ0) is 16.3. The number of allylic oxidation sites excluding steroid dienone is 1. The van der Waals surface area contributed by atoms with Crippen LogP contribution in [-0.2, 0) is 23.0 Å². The molecule has 0 N–H and O–H groups in total. The zero-order valence-electron chi connectivity index (χ0n) is 13.3. The van der Waals surface area contributed by atoms with Crippen molar-refractivity contribution in [2.75, 3.05) is 6.54 Å². The van der Waals surface area contributed by atoms with E-state index in [4.69, 9.17) is 0 Å². The molecular formula is C19H21NO2S. The average molecular weight is 327 g/mol. The van der Waals surface area contributed by atoms with Gasteiger partial charge in [0.2, 0.25) is 10.0 Å². The largest absolute Gasteiger partial charge is 0.243 e. The Labute approximate surface area is 138 Å². The fraction of sp³-hybridized carbons (Fsp3) is 0.263. The molecule has 120 valence electrons. The monoisotopic (exact) mass is 327 g/mol. The van der Waals surface area contributed by atoms with Crippen LogP contribution in [0.5, 0.6) is 0 Å². The van der Waals surface area contributed by atoms with Gasteiger partial charge in [0.15, 0.2) is 0 Å². The van der Waals surface area contributed by atoms with Gasteiger partial charge in [-0.05, 0) is 43.0 Å². The highest BCUT2D eigenvalue weighted by Gasteiger charge is 2.24. The molecule has 0 atom stereocenters. The Bertz CT molecular complexity index is 808. The number of hydrogen-bond acceptors (Lipinski definition) is 2. The molecular weight excluding hydrogens is 306 g/mol. The number of sulfonamides is 1. The van der Waals surface area contributed by atoms with Crippen LogP contribution in [0.2, 0.25) is 0 Å². The molecule has 2 aromatic rings. The molecule has 3 rings (SSSR count). The normalized spacial score (nSPS) is 17.6. The highest BCUT2D eigenvalue weighted by atomic mass is 32.2. The predicted molar refractivity (Wildman–Crippen MR) is 92.7 cm³/mol. The van der Waals surface area contributed by atoms with Gasteiger partial charge in [-0.25, -0.2) is 8.42 Å². The average Bonchev–Trinajstić information content (AvgIpc) is 2.65. The summed E-state index contributed by atoms with van der Waals surface area (Å²) in [5, 5.41) is 0. The maximum Gasteiger partial charge on any atom is 0.243 e. The van der Waals surface area contributed by atoms with Crippen molar-refractivity contribution < 1.29 is 8.42 Å². The van der Waals surface area contributed by atoms with Gasteiger partial charge < -0.3 is 0 Å². The Morgan fingerprint density at radius 2 is 1.61 bits per heavy atom. The molecule has 0 fully saturated rings. The number of fused-ring (bicyclic) bond motifs is 1. The Hall–Kier alpha value is -1.91. The molecule has 1 aliphatic rings. The van der Waals surface area contributed by atoms with E-state index in [0.717, 1.165) is 24.0 Å². The van der Waals surface area contributed by atoms with Crippen LogP contribution < -0.4 is 0 Å². The number of benzene rings is 2. The van der Waals surface area contributed by atoms with E-state index in [2.05, 4.69) is 12.1 Å². The van der Waals surface area contributed by atoms with Crippen LogP contribution in [0.1, 0.15) is 23.1 Å². The highest BCUT2D eigenvalue weighted by molar-refractivity contribution is 7.89. The summed E-state index contributed by atoms with van der Waals surface area (Å²) in [5.41, 5.74) is 3.37. The number of rotatable bonds is 2. The molecule has 4 heteroatoms. The molecule has 2 aromatic carbocycles. The first-order valence-corrected chi connectivity index (χ1v) is 9.30. The SMILES string of the molecule is Cc1ccc(S(=O)(=O)N2C/C=C/CCc3ccccc3C2)cc1. The molecule has 0 saturated heterocycles. The summed E-state index contributed by atoms with van der Waals surface area (Å²) in [6.07, 6.45) is 5.91. The van der Waals surface area contributed by atoms with Crippen LogP contribution in [-0.4, -0.2) is 19.3 Å². The van der Waals surface area contributed by atoms with Crippen molar-refractivity contribution in [1.29, 1.82) is 0 Å². The Balaban J connectivity index is 1.98. The standard InChI is InChI=1S/C19H21NO2S/c1-16-10-12-19(13-11-16)23(21,22)20-14-6-2-3-7-17-8-4-5-9-18(17)15-20/h2,4-6,8-13H,3,7,14-15H2,1H3/b6-2+. The van der Waals surface area contributed by atoms with E-state index in [1.54, 1.807) is 16.4 Å². The van der Waals surface area contributed by atoms with Crippen molar-refractivity contribution >= 4 is 10.0 Å². The summed E-state index contributed by atoms with van der Waals surface area (Å²) in [7, 11) is -3.50. The lowest BCUT2D eigenvalue weighted by Crippen LogP contribution is -2.31. The van der Waals surface area contributed by atoms with E-state index < -0.39 is 10.0 Å². The minimum atomic E-state index is -3.50. The smallest absolute Gasteiger partial charge is 0.207 e. The van der Waals surface area contributed by atoms with Crippen molar-refractivity contribution in [3.05, 3.63) is 77.4 Å². The first kappa shape index (κ1) is 16.0. The lowest BCUT2D eigenvalue weighted by atomic mass is 10.0. The van der Waals surface area contributed by atoms with Crippen molar-refractivity contribution in [1.82, 2.24) is 4.31 Å². The van der Waals surface area contributed by atoms with E-state index in [1.807, 2.05) is 43.3 Å². The summed E-state index contributed by atoms with van der Waals surface area (Å²) in [5.74, 6) is 0. The Morgan fingerprint density at radius 3 is 2.35 bits per heavy atom. The second-order valence-corrected chi connectivity index (χ2v) is 7.83. The van der Waals surface area contributed by atoms with Crippen LogP contribution in [0.4, 0.5) is 0 Å². The van der Waals surface area contributed by atoms with Gasteiger partial charge >= 0.3 is 0 Å². The lowest BCUT2D eigenvalue weighted by molar-refractivity contribution is 0.437. The van der Waals surface area contributed by atoms with Crippen LogP contribution in [0.25, 0.3) is 0 Å². The first-order chi connectivity index (χ1) is 11.1. The maximum absolute atomic E-state index is 13.0. The molecule has 0 aromatic heterocycles. The van der Waals surface area contributed by atoms with Crippen LogP contribution >= 0.6 is 0 Å². The second-order valence-electron chi connectivity index (χ2n) is 5.89. The van der Waals surface area contributed by atoms with E-state index >= 15 is 0 Å². The molecule has 1 heterocycles. The third kappa shape index (κ3) is 3.54. The molecule has 3 nitrogen and oxygen atoms in total. The molecule has 0 bridgehead atoms. The van der Waals surface area contributed by atoms with E-state index in [9.17, 15) is 8.42 Å². The van der Waals surface area contributed by atoms with Gasteiger partial charge in [-0.3, -0.25) is 0 Å². The summed E-state index contributed by atoms with van der Waals surface area (Å²) in [6.45, 7) is 2.77. The zero-order valence-corrected chi connectivity index (χ0v) is 14.1. The van der Waals surface area contributed by atoms with Gasteiger partial charge in [0.1, 0.15) is 0 Å². The van der Waals surface area contributed by atoms with Gasteiger partial charge in [0.05, 0.1) is 4.90 Å². The molecule has 0 spiro atoms. The van der Waals surface area contributed by atoms with E-state index in [1.165, 1.54) is 5.56 Å². The van der Waals surface area contributed by atoms with Gasteiger partial charge in [-0.15, -0.1) is 0 Å². The fourth-order valence-corrected chi connectivity index (χ4v) is 4.17. The van der Waals surface area contributed by atoms with Gasteiger partial charge in [0, 0.05) is 13.1 Å². The fourth-order valence-electron chi connectivity index (χ4n) is 2.80. The quantitative estimate of drug-likeness (QED) is 0.789. The summed E-state index contributed by atoms with van der Waals surface area (Å²) >= 11 is 0. The predicted octanol–water partition coefficient (Wildman–Crippen LogP) is 3.69. The molecule has 0 aliphatic carbocycles. The van der Waals surface area contributed by atoms with E-state index in [0.29, 0.717) is 18.0 Å². The molecule has 0 amide bonds. The third-order valence-electron chi connectivity index (χ3n) is 4.18. The van der Waals surface area contributed by atoms with Crippen molar-refractivity contribution in [2.45, 2.75) is 31.2 Å². The molecule has 1 aliphatic heterocycles. The molecule has 0 radical (unpaired) electrons.